The monoisotopic (exact) mass is 208 g/mol. The molecule has 0 fully saturated rings. The van der Waals surface area contributed by atoms with Crippen LogP contribution in [0.15, 0.2) is 18.2 Å². The molecule has 0 bridgehead atoms. The Morgan fingerprint density at radius 2 is 2.36 bits per heavy atom. The van der Waals surface area contributed by atoms with Gasteiger partial charge in [-0.1, -0.05) is 12.8 Å². The molecule has 14 heavy (non-hydrogen) atoms. The molecule has 1 aliphatic rings. The minimum absolute atomic E-state index is 0.148. The van der Waals surface area contributed by atoms with Gasteiger partial charge >= 0.3 is 0 Å². The molecule has 1 heterocycles. The van der Waals surface area contributed by atoms with Crippen LogP contribution in [0.3, 0.4) is 0 Å². The number of nitrogens with one attached hydrogen (secondary N) is 1. The fraction of sp³-hybridized carbons (Fsp3) is 0.300. The van der Waals surface area contributed by atoms with Crippen LogP contribution in [0.4, 0.5) is 5.69 Å². The van der Waals surface area contributed by atoms with E-state index in [4.69, 9.17) is 0 Å². The van der Waals surface area contributed by atoms with Crippen molar-refractivity contribution in [2.75, 3.05) is 18.5 Å². The first-order valence-electron chi connectivity index (χ1n) is 4.51. The van der Waals surface area contributed by atoms with Crippen LogP contribution in [0.1, 0.15) is 15.9 Å². The van der Waals surface area contributed by atoms with Crippen LogP contribution in [-0.4, -0.2) is 19.5 Å². The van der Waals surface area contributed by atoms with E-state index in [9.17, 15) is 4.79 Å². The minimum Gasteiger partial charge on any atom is -0.374 e. The summed E-state index contributed by atoms with van der Waals surface area (Å²) in [6.45, 7) is 1.03. The molecule has 0 unspecified atom stereocenters. The normalized spacial score (nSPS) is 14.0. The van der Waals surface area contributed by atoms with E-state index >= 15 is 0 Å². The van der Waals surface area contributed by atoms with E-state index in [2.05, 4.69) is 29.5 Å². The van der Waals surface area contributed by atoms with Crippen LogP contribution in [0.5, 0.6) is 0 Å². The molecule has 1 amide bonds. The third-order valence-corrected chi connectivity index (χ3v) is 2.77. The van der Waals surface area contributed by atoms with Gasteiger partial charge in [-0.05, 0) is 30.2 Å². The van der Waals surface area contributed by atoms with Crippen LogP contribution in [0.2, 0.25) is 0 Å². The highest BCUT2D eigenvalue weighted by Gasteiger charge is 2.16. The molecule has 0 saturated heterocycles. The van der Waals surface area contributed by atoms with Crippen molar-refractivity contribution in [3.63, 3.8) is 0 Å². The third kappa shape index (κ3) is 1.46. The number of nitrogens with zero attached hydrogens (tertiary/aromatic N) is 1. The van der Waals surface area contributed by atoms with Gasteiger partial charge in [-0.3, -0.25) is 9.52 Å². The van der Waals surface area contributed by atoms with Crippen LogP contribution in [-0.2, 0) is 6.42 Å². The molecule has 1 aliphatic heterocycles. The summed E-state index contributed by atoms with van der Waals surface area (Å²) in [6, 6.07) is 5.75. The number of likely N-dealkylation sites (N-methyl/N-ethyl adjacent to an activating group) is 1. The number of hydrogen-bond acceptors (Lipinski definition) is 3. The second-order valence-corrected chi connectivity index (χ2v) is 3.68. The van der Waals surface area contributed by atoms with Crippen molar-refractivity contribution in [1.82, 2.24) is 4.72 Å². The van der Waals surface area contributed by atoms with Gasteiger partial charge in [0.05, 0.1) is 0 Å². The molecule has 1 N–H and O–H groups in total. The molecule has 1 aromatic rings. The Hall–Kier alpha value is -1.16. The predicted octanol–water partition coefficient (Wildman–Crippen LogP) is 1.25. The van der Waals surface area contributed by atoms with Crippen LogP contribution in [0, 0.1) is 0 Å². The van der Waals surface area contributed by atoms with Crippen molar-refractivity contribution in [3.8, 4) is 0 Å². The molecule has 0 saturated carbocycles. The molecule has 0 aromatic heterocycles. The first-order chi connectivity index (χ1) is 6.72. The SMILES string of the molecule is CN1CCc2cc(C(=O)NS)ccc21. The van der Waals surface area contributed by atoms with Gasteiger partial charge in [0, 0.05) is 24.8 Å². The van der Waals surface area contributed by atoms with Crippen molar-refractivity contribution in [3.05, 3.63) is 29.3 Å². The molecule has 74 valence electrons. The summed E-state index contributed by atoms with van der Waals surface area (Å²) >= 11 is 3.74. The van der Waals surface area contributed by atoms with Gasteiger partial charge in [-0.15, -0.1) is 0 Å². The molecule has 4 heteroatoms. The Morgan fingerprint density at radius 3 is 3.07 bits per heavy atom. The lowest BCUT2D eigenvalue weighted by Gasteiger charge is -2.11. The molecule has 0 aliphatic carbocycles. The van der Waals surface area contributed by atoms with E-state index < -0.39 is 0 Å². The van der Waals surface area contributed by atoms with Crippen molar-refractivity contribution in [2.45, 2.75) is 6.42 Å². The van der Waals surface area contributed by atoms with E-state index in [1.54, 1.807) is 0 Å². The average Bonchev–Trinajstić information content (AvgIpc) is 2.59. The van der Waals surface area contributed by atoms with Crippen LogP contribution in [0.25, 0.3) is 0 Å². The summed E-state index contributed by atoms with van der Waals surface area (Å²) in [5.74, 6) is -0.148. The van der Waals surface area contributed by atoms with Crippen LogP contribution >= 0.6 is 12.8 Å². The van der Waals surface area contributed by atoms with Gasteiger partial charge in [0.1, 0.15) is 0 Å². The number of amides is 1. The fourth-order valence-corrected chi connectivity index (χ4v) is 1.90. The zero-order valence-corrected chi connectivity index (χ0v) is 8.84. The first kappa shape index (κ1) is 9.40. The lowest BCUT2D eigenvalue weighted by atomic mass is 10.1. The Bertz CT molecular complexity index is 378. The maximum Gasteiger partial charge on any atom is 0.260 e. The van der Waals surface area contributed by atoms with Crippen molar-refractivity contribution in [2.24, 2.45) is 0 Å². The molecule has 0 spiro atoms. The number of carbonyl (C=O) groups is 1. The number of anilines is 1. The van der Waals surface area contributed by atoms with Crippen LogP contribution < -0.4 is 9.62 Å². The smallest absolute Gasteiger partial charge is 0.260 e. The molecule has 3 nitrogen and oxygen atoms in total. The van der Waals surface area contributed by atoms with Gasteiger partial charge in [0.25, 0.3) is 5.91 Å². The summed E-state index contributed by atoms with van der Waals surface area (Å²) < 4.78 is 2.33. The predicted molar refractivity (Wildman–Crippen MR) is 59.9 cm³/mol. The largest absolute Gasteiger partial charge is 0.374 e. The van der Waals surface area contributed by atoms with E-state index in [0.717, 1.165) is 13.0 Å². The topological polar surface area (TPSA) is 32.3 Å². The van der Waals surface area contributed by atoms with E-state index in [1.807, 2.05) is 18.2 Å². The van der Waals surface area contributed by atoms with Crippen molar-refractivity contribution < 1.29 is 4.79 Å². The highest BCUT2D eigenvalue weighted by Crippen LogP contribution is 2.27. The second kappa shape index (κ2) is 3.53. The summed E-state index contributed by atoms with van der Waals surface area (Å²) in [7, 11) is 2.06. The van der Waals surface area contributed by atoms with E-state index in [0.29, 0.717) is 5.56 Å². The maximum absolute atomic E-state index is 11.3. The quantitative estimate of drug-likeness (QED) is 0.681. The number of fused-ring (bicyclic) bond motifs is 1. The highest BCUT2D eigenvalue weighted by molar-refractivity contribution is 7.78. The van der Waals surface area contributed by atoms with Gasteiger partial charge in [-0.25, -0.2) is 0 Å². The van der Waals surface area contributed by atoms with Crippen molar-refractivity contribution >= 4 is 24.4 Å². The number of benzene rings is 1. The number of carbonyl (C=O) groups excluding carboxylic acids is 1. The molecule has 2 rings (SSSR count). The zero-order chi connectivity index (χ0) is 10.1. The van der Waals surface area contributed by atoms with E-state index in [-0.39, 0.29) is 5.91 Å². The third-order valence-electron chi connectivity index (χ3n) is 2.57. The van der Waals surface area contributed by atoms with Gasteiger partial charge in [0.15, 0.2) is 0 Å². The average molecular weight is 208 g/mol. The lowest BCUT2D eigenvalue weighted by Crippen LogP contribution is -2.13. The van der Waals surface area contributed by atoms with E-state index in [1.165, 1.54) is 11.3 Å². The van der Waals surface area contributed by atoms with Gasteiger partial charge < -0.3 is 4.90 Å². The fourth-order valence-electron chi connectivity index (χ4n) is 1.77. The van der Waals surface area contributed by atoms with Gasteiger partial charge in [-0.2, -0.15) is 0 Å². The number of hydrogen-bond donors (Lipinski definition) is 2. The Balaban J connectivity index is 2.37. The second-order valence-electron chi connectivity index (χ2n) is 3.46. The lowest BCUT2D eigenvalue weighted by molar-refractivity contribution is 0.0985. The summed E-state index contributed by atoms with van der Waals surface area (Å²) in [4.78, 5) is 13.5. The Kier molecular flexibility index (Phi) is 2.37. The highest BCUT2D eigenvalue weighted by atomic mass is 32.1. The Morgan fingerprint density at radius 1 is 1.57 bits per heavy atom. The number of thiol groups is 1. The molecule has 0 radical (unpaired) electrons. The summed E-state index contributed by atoms with van der Waals surface area (Å²) in [6.07, 6.45) is 1.01. The first-order valence-corrected chi connectivity index (χ1v) is 4.95. The Labute approximate surface area is 88.6 Å². The molecular weight excluding hydrogens is 196 g/mol. The summed E-state index contributed by atoms with van der Waals surface area (Å²) in [5, 5.41) is 0. The zero-order valence-electron chi connectivity index (χ0n) is 7.95. The molecular formula is C10H12N2OS. The molecule has 0 atom stereocenters. The number of rotatable bonds is 1. The minimum atomic E-state index is -0.148. The van der Waals surface area contributed by atoms with Gasteiger partial charge in [0.2, 0.25) is 0 Å². The maximum atomic E-state index is 11.3. The standard InChI is InChI=1S/C10H12N2OS/c1-12-5-4-7-6-8(10(13)11-14)2-3-9(7)12/h2-3,6,14H,4-5H2,1H3,(H,11,13). The molecule has 1 aromatic carbocycles. The van der Waals surface area contributed by atoms with Crippen molar-refractivity contribution in [1.29, 1.82) is 0 Å². The summed E-state index contributed by atoms with van der Waals surface area (Å²) in [5.41, 5.74) is 3.14.